The average Bonchev–Trinajstić information content (AvgIpc) is 2.74. The van der Waals surface area contributed by atoms with Gasteiger partial charge in [-0.2, -0.15) is 0 Å². The molecule has 0 radical (unpaired) electrons. The van der Waals surface area contributed by atoms with E-state index in [9.17, 15) is 4.79 Å². The molecular weight excluding hydrogens is 393 g/mol. The SMILES string of the molecule is O=C(OC(c1ccc(Cl)c(Cl)c1)c1nccc2ccccc12)c1ccccc1. The van der Waals surface area contributed by atoms with Gasteiger partial charge in [0, 0.05) is 17.1 Å². The number of pyridine rings is 1. The fourth-order valence-corrected chi connectivity index (χ4v) is 3.36. The maximum absolute atomic E-state index is 12.8. The summed E-state index contributed by atoms with van der Waals surface area (Å²) in [6.45, 7) is 0. The lowest BCUT2D eigenvalue weighted by Gasteiger charge is -2.20. The van der Waals surface area contributed by atoms with Gasteiger partial charge < -0.3 is 4.74 Å². The lowest BCUT2D eigenvalue weighted by Crippen LogP contribution is -2.14. The summed E-state index contributed by atoms with van der Waals surface area (Å²) in [5.74, 6) is -0.439. The molecule has 1 unspecified atom stereocenters. The number of aromatic nitrogens is 1. The molecule has 0 bridgehead atoms. The summed E-state index contributed by atoms with van der Waals surface area (Å²) < 4.78 is 5.91. The highest BCUT2D eigenvalue weighted by Crippen LogP contribution is 2.34. The third-order valence-electron chi connectivity index (χ3n) is 4.43. The van der Waals surface area contributed by atoms with Gasteiger partial charge in [0.25, 0.3) is 0 Å². The van der Waals surface area contributed by atoms with Gasteiger partial charge in [-0.1, -0.05) is 71.7 Å². The maximum Gasteiger partial charge on any atom is 0.339 e. The quantitative estimate of drug-likeness (QED) is 0.363. The number of nitrogens with zero attached hydrogens (tertiary/aromatic N) is 1. The van der Waals surface area contributed by atoms with Crippen LogP contribution in [0.15, 0.2) is 85.1 Å². The van der Waals surface area contributed by atoms with Crippen molar-refractivity contribution in [3.8, 4) is 0 Å². The molecule has 0 saturated carbocycles. The number of benzene rings is 3. The van der Waals surface area contributed by atoms with Crippen LogP contribution in [0.2, 0.25) is 10.0 Å². The van der Waals surface area contributed by atoms with Gasteiger partial charge in [-0.05, 0) is 35.7 Å². The summed E-state index contributed by atoms with van der Waals surface area (Å²) in [6, 6.07) is 23.8. The fraction of sp³-hybridized carbons (Fsp3) is 0.0435. The number of fused-ring (bicyclic) bond motifs is 1. The zero-order valence-corrected chi connectivity index (χ0v) is 16.2. The molecule has 4 aromatic rings. The molecule has 0 aliphatic rings. The predicted octanol–water partition coefficient (Wildman–Crippen LogP) is 6.49. The number of rotatable bonds is 4. The highest BCUT2D eigenvalue weighted by Gasteiger charge is 2.24. The van der Waals surface area contributed by atoms with Gasteiger partial charge in [0.05, 0.1) is 21.3 Å². The minimum Gasteiger partial charge on any atom is -0.447 e. The highest BCUT2D eigenvalue weighted by atomic mass is 35.5. The summed E-state index contributed by atoms with van der Waals surface area (Å²) in [6.07, 6.45) is 0.979. The number of carbonyl (C=O) groups is 1. The lowest BCUT2D eigenvalue weighted by molar-refractivity contribution is 0.0373. The smallest absolute Gasteiger partial charge is 0.339 e. The molecule has 28 heavy (non-hydrogen) atoms. The number of halogens is 2. The van der Waals surface area contributed by atoms with Crippen molar-refractivity contribution >= 4 is 39.9 Å². The number of ether oxygens (including phenoxy) is 1. The number of hydrogen-bond donors (Lipinski definition) is 0. The van der Waals surface area contributed by atoms with E-state index in [2.05, 4.69) is 4.98 Å². The Morgan fingerprint density at radius 1 is 0.857 bits per heavy atom. The normalized spacial score (nSPS) is 11.9. The van der Waals surface area contributed by atoms with E-state index in [1.54, 1.807) is 48.7 Å². The summed E-state index contributed by atoms with van der Waals surface area (Å²) in [5, 5.41) is 2.74. The van der Waals surface area contributed by atoms with Crippen LogP contribution in [-0.2, 0) is 4.74 Å². The van der Waals surface area contributed by atoms with Crippen LogP contribution in [0.4, 0.5) is 0 Å². The Hall–Kier alpha value is -2.88. The Bertz CT molecular complexity index is 1140. The Morgan fingerprint density at radius 2 is 1.61 bits per heavy atom. The van der Waals surface area contributed by atoms with E-state index in [-0.39, 0.29) is 0 Å². The Labute approximate surface area is 172 Å². The van der Waals surface area contributed by atoms with Crippen LogP contribution in [0, 0.1) is 0 Å². The van der Waals surface area contributed by atoms with Crippen molar-refractivity contribution in [3.63, 3.8) is 0 Å². The third-order valence-corrected chi connectivity index (χ3v) is 5.17. The van der Waals surface area contributed by atoms with E-state index in [0.717, 1.165) is 10.8 Å². The summed E-state index contributed by atoms with van der Waals surface area (Å²) >= 11 is 12.3. The van der Waals surface area contributed by atoms with Crippen molar-refractivity contribution in [1.29, 1.82) is 0 Å². The van der Waals surface area contributed by atoms with Crippen molar-refractivity contribution in [3.05, 3.63) is 112 Å². The van der Waals surface area contributed by atoms with E-state index in [1.165, 1.54) is 0 Å². The average molecular weight is 408 g/mol. The molecule has 1 atom stereocenters. The maximum atomic E-state index is 12.8. The molecule has 3 nitrogen and oxygen atoms in total. The zero-order valence-electron chi connectivity index (χ0n) is 14.7. The molecule has 0 spiro atoms. The molecule has 0 saturated heterocycles. The number of hydrogen-bond acceptors (Lipinski definition) is 3. The van der Waals surface area contributed by atoms with E-state index in [4.69, 9.17) is 27.9 Å². The molecule has 0 fully saturated rings. The third kappa shape index (κ3) is 3.72. The van der Waals surface area contributed by atoms with Crippen LogP contribution in [0.25, 0.3) is 10.8 Å². The molecular formula is C23H15Cl2NO2. The highest BCUT2D eigenvalue weighted by molar-refractivity contribution is 6.42. The minimum absolute atomic E-state index is 0.389. The topological polar surface area (TPSA) is 39.2 Å². The molecule has 5 heteroatoms. The Balaban J connectivity index is 1.83. The molecule has 3 aromatic carbocycles. The van der Waals surface area contributed by atoms with Crippen LogP contribution in [0.1, 0.15) is 27.7 Å². The number of carbonyl (C=O) groups excluding carboxylic acids is 1. The van der Waals surface area contributed by atoms with Crippen LogP contribution < -0.4 is 0 Å². The molecule has 0 amide bonds. The van der Waals surface area contributed by atoms with Crippen molar-refractivity contribution in [2.45, 2.75) is 6.10 Å². The largest absolute Gasteiger partial charge is 0.447 e. The van der Waals surface area contributed by atoms with E-state index in [1.807, 2.05) is 36.4 Å². The molecule has 4 rings (SSSR count). The van der Waals surface area contributed by atoms with Gasteiger partial charge in [0.15, 0.2) is 6.10 Å². The minimum atomic E-state index is -0.728. The molecule has 1 heterocycles. The summed E-state index contributed by atoms with van der Waals surface area (Å²) in [5.41, 5.74) is 1.80. The molecule has 1 aromatic heterocycles. The number of esters is 1. The first-order valence-electron chi connectivity index (χ1n) is 8.68. The van der Waals surface area contributed by atoms with Crippen molar-refractivity contribution in [2.75, 3.05) is 0 Å². The standard InChI is InChI=1S/C23H15Cl2NO2/c24-19-11-10-17(14-20(19)25)22(28-23(27)16-7-2-1-3-8-16)21-18-9-5-4-6-15(18)12-13-26-21/h1-14,22H. The van der Waals surface area contributed by atoms with Gasteiger partial charge in [-0.3, -0.25) is 4.98 Å². The Morgan fingerprint density at radius 3 is 2.39 bits per heavy atom. The Kier molecular flexibility index (Phi) is 5.29. The summed E-state index contributed by atoms with van der Waals surface area (Å²) in [4.78, 5) is 17.3. The lowest BCUT2D eigenvalue weighted by atomic mass is 10.0. The van der Waals surface area contributed by atoms with Gasteiger partial charge in [0.2, 0.25) is 0 Å². The zero-order chi connectivity index (χ0) is 19.5. The van der Waals surface area contributed by atoms with Gasteiger partial charge in [-0.25, -0.2) is 4.79 Å². The molecule has 138 valence electrons. The van der Waals surface area contributed by atoms with Crippen LogP contribution in [0.5, 0.6) is 0 Å². The van der Waals surface area contributed by atoms with Gasteiger partial charge in [-0.15, -0.1) is 0 Å². The van der Waals surface area contributed by atoms with Gasteiger partial charge in [0.1, 0.15) is 0 Å². The summed E-state index contributed by atoms with van der Waals surface area (Å²) in [7, 11) is 0. The first-order valence-corrected chi connectivity index (χ1v) is 9.44. The van der Waals surface area contributed by atoms with Crippen molar-refractivity contribution < 1.29 is 9.53 Å². The van der Waals surface area contributed by atoms with Crippen molar-refractivity contribution in [1.82, 2.24) is 4.98 Å². The van der Waals surface area contributed by atoms with Crippen molar-refractivity contribution in [2.24, 2.45) is 0 Å². The van der Waals surface area contributed by atoms with Crippen LogP contribution >= 0.6 is 23.2 Å². The van der Waals surface area contributed by atoms with E-state index < -0.39 is 12.1 Å². The molecule has 0 N–H and O–H groups in total. The van der Waals surface area contributed by atoms with Gasteiger partial charge >= 0.3 is 5.97 Å². The van der Waals surface area contributed by atoms with E-state index >= 15 is 0 Å². The monoisotopic (exact) mass is 407 g/mol. The fourth-order valence-electron chi connectivity index (χ4n) is 3.06. The van der Waals surface area contributed by atoms with E-state index in [0.29, 0.717) is 26.9 Å². The second-order valence-corrected chi connectivity index (χ2v) is 7.06. The predicted molar refractivity (Wildman–Crippen MR) is 112 cm³/mol. The second kappa shape index (κ2) is 8.01. The van der Waals surface area contributed by atoms with Crippen LogP contribution in [-0.4, -0.2) is 11.0 Å². The molecule has 0 aliphatic carbocycles. The first-order chi connectivity index (χ1) is 13.6. The molecule has 0 aliphatic heterocycles. The van der Waals surface area contributed by atoms with Crippen LogP contribution in [0.3, 0.4) is 0 Å². The second-order valence-electron chi connectivity index (χ2n) is 6.24. The first kappa shape index (κ1) is 18.5.